The summed E-state index contributed by atoms with van der Waals surface area (Å²) in [6.07, 6.45) is 5.63. The van der Waals surface area contributed by atoms with E-state index >= 15 is 0 Å². The number of nitrogens with one attached hydrogen (secondary N) is 2. The summed E-state index contributed by atoms with van der Waals surface area (Å²) < 4.78 is 57.6. The van der Waals surface area contributed by atoms with Gasteiger partial charge in [0, 0.05) is 23.2 Å². The predicted octanol–water partition coefficient (Wildman–Crippen LogP) is 5.06. The number of ether oxygens (including phenoxy) is 2. The summed E-state index contributed by atoms with van der Waals surface area (Å²) in [4.78, 5) is 32.7. The van der Waals surface area contributed by atoms with Gasteiger partial charge in [-0.3, -0.25) is 19.6 Å². The second-order valence-electron chi connectivity index (χ2n) is 10.4. The van der Waals surface area contributed by atoms with Crippen LogP contribution < -0.4 is 20.1 Å². The zero-order valence-corrected chi connectivity index (χ0v) is 24.2. The number of halogens is 4. The van der Waals surface area contributed by atoms with Gasteiger partial charge in [-0.2, -0.15) is 27.8 Å². The summed E-state index contributed by atoms with van der Waals surface area (Å²) in [6.45, 7) is -5.91. The SMILES string of the molecule is O=C(Cc1ccc(OC(F)F)cn1)Nc1ccc([C@H]2CCC[C@H](c3ccc(NC(=O)Cc4ccc(OC(F)F)cn4)nn3)C2)nn1. The molecule has 240 valence electrons. The molecule has 5 rings (SSSR count). The largest absolute Gasteiger partial charge is 0.433 e. The highest BCUT2D eigenvalue weighted by atomic mass is 19.3. The lowest BCUT2D eigenvalue weighted by atomic mass is 9.78. The molecule has 2 N–H and O–H groups in total. The van der Waals surface area contributed by atoms with Crippen LogP contribution in [-0.4, -0.2) is 55.4 Å². The Morgan fingerprint density at radius 2 is 1.13 bits per heavy atom. The molecule has 46 heavy (non-hydrogen) atoms. The van der Waals surface area contributed by atoms with Crippen molar-refractivity contribution in [3.05, 3.63) is 83.7 Å². The van der Waals surface area contributed by atoms with Crippen LogP contribution in [0.5, 0.6) is 11.5 Å². The van der Waals surface area contributed by atoms with Gasteiger partial charge in [-0.25, -0.2) is 0 Å². The first-order valence-electron chi connectivity index (χ1n) is 14.3. The van der Waals surface area contributed by atoms with Crippen LogP contribution >= 0.6 is 0 Å². The highest BCUT2D eigenvalue weighted by Gasteiger charge is 2.27. The average Bonchev–Trinajstić information content (AvgIpc) is 3.03. The summed E-state index contributed by atoms with van der Waals surface area (Å²) in [5.74, 6) is -0.169. The molecule has 2 amide bonds. The van der Waals surface area contributed by atoms with E-state index in [1.54, 1.807) is 12.1 Å². The van der Waals surface area contributed by atoms with Crippen molar-refractivity contribution in [2.45, 2.75) is 63.6 Å². The molecule has 4 aromatic rings. The lowest BCUT2D eigenvalue weighted by molar-refractivity contribution is -0.116. The number of amides is 2. The van der Waals surface area contributed by atoms with Crippen molar-refractivity contribution < 1.29 is 36.6 Å². The maximum atomic E-state index is 12.4. The van der Waals surface area contributed by atoms with Crippen molar-refractivity contribution in [2.75, 3.05) is 10.6 Å². The minimum atomic E-state index is -2.96. The summed E-state index contributed by atoms with van der Waals surface area (Å²) in [6, 6.07) is 12.5. The van der Waals surface area contributed by atoms with Gasteiger partial charge in [-0.1, -0.05) is 6.42 Å². The van der Waals surface area contributed by atoms with Crippen molar-refractivity contribution in [3.8, 4) is 11.5 Å². The third-order valence-electron chi connectivity index (χ3n) is 7.14. The van der Waals surface area contributed by atoms with Crippen molar-refractivity contribution in [2.24, 2.45) is 0 Å². The van der Waals surface area contributed by atoms with Crippen LogP contribution in [0.1, 0.15) is 60.3 Å². The van der Waals surface area contributed by atoms with Gasteiger partial charge in [0.1, 0.15) is 11.5 Å². The molecule has 0 aromatic carbocycles. The second-order valence-corrected chi connectivity index (χ2v) is 10.4. The number of anilines is 2. The first-order chi connectivity index (χ1) is 22.2. The number of hydrogen-bond acceptors (Lipinski definition) is 10. The first kappa shape index (κ1) is 32.1. The van der Waals surface area contributed by atoms with Crippen LogP contribution in [0.4, 0.5) is 29.2 Å². The van der Waals surface area contributed by atoms with Gasteiger partial charge in [0.05, 0.1) is 36.6 Å². The van der Waals surface area contributed by atoms with Crippen LogP contribution in [0.25, 0.3) is 0 Å². The molecule has 0 aliphatic heterocycles. The summed E-state index contributed by atoms with van der Waals surface area (Å²) in [5.41, 5.74) is 2.33. The van der Waals surface area contributed by atoms with Gasteiger partial charge in [-0.05, 0) is 67.8 Å². The number of carbonyl (C=O) groups excluding carboxylic acids is 2. The minimum absolute atomic E-state index is 0.0847. The van der Waals surface area contributed by atoms with E-state index in [-0.39, 0.29) is 59.6 Å². The van der Waals surface area contributed by atoms with E-state index in [0.717, 1.165) is 49.5 Å². The lowest BCUT2D eigenvalue weighted by Crippen LogP contribution is -2.19. The van der Waals surface area contributed by atoms with Crippen molar-refractivity contribution in [3.63, 3.8) is 0 Å². The standard InChI is InChI=1S/C30H28F4N8O4/c31-29(32)45-21-6-4-19(35-15-21)13-27(43)37-25-10-8-23(39-41-25)17-2-1-3-18(12-17)24-9-11-26(42-40-24)38-28(44)14-20-5-7-22(16-36-20)46-30(33)34/h4-11,15-18,29-30H,1-3,12-14H2,(H,37,41,43)(H,38,42,44)/t17-,18-/m0/s1. The Labute approximate surface area is 260 Å². The number of pyridine rings is 2. The molecule has 1 saturated carbocycles. The minimum Gasteiger partial charge on any atom is -0.433 e. The van der Waals surface area contributed by atoms with Gasteiger partial charge < -0.3 is 20.1 Å². The highest BCUT2D eigenvalue weighted by Crippen LogP contribution is 2.40. The van der Waals surface area contributed by atoms with Crippen molar-refractivity contribution in [1.29, 1.82) is 0 Å². The Hall–Kier alpha value is -5.28. The Morgan fingerprint density at radius 3 is 1.48 bits per heavy atom. The molecule has 0 spiro atoms. The molecule has 0 unspecified atom stereocenters. The van der Waals surface area contributed by atoms with Crippen LogP contribution in [-0.2, 0) is 22.4 Å². The number of hydrogen-bond donors (Lipinski definition) is 2. The molecular formula is C30H28F4N8O4. The molecular weight excluding hydrogens is 612 g/mol. The molecule has 16 heteroatoms. The van der Waals surface area contributed by atoms with Gasteiger partial charge in [0.25, 0.3) is 0 Å². The zero-order chi connectivity index (χ0) is 32.5. The normalized spacial score (nSPS) is 16.2. The molecule has 4 aromatic heterocycles. The molecule has 4 heterocycles. The van der Waals surface area contributed by atoms with Crippen LogP contribution in [0.15, 0.2) is 60.9 Å². The highest BCUT2D eigenvalue weighted by molar-refractivity contribution is 5.91. The van der Waals surface area contributed by atoms with Gasteiger partial charge in [-0.15, -0.1) is 10.2 Å². The Kier molecular flexibility index (Phi) is 10.6. The smallest absolute Gasteiger partial charge is 0.387 e. The fourth-order valence-electron chi connectivity index (χ4n) is 5.06. The van der Waals surface area contributed by atoms with E-state index in [9.17, 15) is 27.2 Å². The van der Waals surface area contributed by atoms with Crippen LogP contribution in [0.2, 0.25) is 0 Å². The number of carbonyl (C=O) groups is 2. The monoisotopic (exact) mass is 640 g/mol. The van der Waals surface area contributed by atoms with E-state index in [0.29, 0.717) is 11.4 Å². The molecule has 1 aliphatic carbocycles. The summed E-state index contributed by atoms with van der Waals surface area (Å²) in [5, 5.41) is 22.3. The first-order valence-corrected chi connectivity index (χ1v) is 14.3. The molecule has 12 nitrogen and oxygen atoms in total. The Morgan fingerprint density at radius 1 is 0.674 bits per heavy atom. The van der Waals surface area contributed by atoms with E-state index in [4.69, 9.17) is 0 Å². The van der Waals surface area contributed by atoms with E-state index in [1.165, 1.54) is 24.3 Å². The summed E-state index contributed by atoms with van der Waals surface area (Å²) in [7, 11) is 0. The molecule has 0 bridgehead atoms. The van der Waals surface area contributed by atoms with Gasteiger partial charge >= 0.3 is 13.2 Å². The predicted molar refractivity (Wildman–Crippen MR) is 154 cm³/mol. The van der Waals surface area contributed by atoms with E-state index < -0.39 is 13.2 Å². The number of aromatic nitrogens is 6. The number of alkyl halides is 4. The summed E-state index contributed by atoms with van der Waals surface area (Å²) >= 11 is 0. The molecule has 2 atom stereocenters. The fourth-order valence-corrected chi connectivity index (χ4v) is 5.06. The molecule has 0 radical (unpaired) electrons. The Balaban J connectivity index is 1.10. The van der Waals surface area contributed by atoms with Crippen LogP contribution in [0.3, 0.4) is 0 Å². The van der Waals surface area contributed by atoms with Gasteiger partial charge in [0.15, 0.2) is 11.6 Å². The molecule has 1 aliphatic rings. The van der Waals surface area contributed by atoms with Crippen LogP contribution in [0, 0.1) is 0 Å². The topological polar surface area (TPSA) is 154 Å². The van der Waals surface area contributed by atoms with E-state index in [2.05, 4.69) is 50.5 Å². The maximum Gasteiger partial charge on any atom is 0.387 e. The third-order valence-corrected chi connectivity index (χ3v) is 7.14. The fraction of sp³-hybridized carbons (Fsp3) is 0.333. The molecule has 1 fully saturated rings. The van der Waals surface area contributed by atoms with E-state index in [1.807, 2.05) is 12.1 Å². The second kappa shape index (κ2) is 15.1. The molecule has 0 saturated heterocycles. The Bertz CT molecular complexity index is 1480. The number of rotatable bonds is 12. The third kappa shape index (κ3) is 9.36. The maximum absolute atomic E-state index is 12.4. The van der Waals surface area contributed by atoms with Crippen molar-refractivity contribution >= 4 is 23.5 Å². The van der Waals surface area contributed by atoms with Gasteiger partial charge in [0.2, 0.25) is 11.8 Å². The lowest BCUT2D eigenvalue weighted by Gasteiger charge is -2.28. The quantitative estimate of drug-likeness (QED) is 0.201. The van der Waals surface area contributed by atoms with Crippen molar-refractivity contribution in [1.82, 2.24) is 30.4 Å². The zero-order valence-electron chi connectivity index (χ0n) is 24.2. The number of nitrogens with zero attached hydrogens (tertiary/aromatic N) is 6. The average molecular weight is 641 g/mol.